The monoisotopic (exact) mass is 298 g/mol. The van der Waals surface area contributed by atoms with E-state index in [1.54, 1.807) is 13.2 Å². The Bertz CT molecular complexity index is 676. The Balaban J connectivity index is 2.30. The Kier molecular flexibility index (Phi) is 5.31. The van der Waals surface area contributed by atoms with Crippen molar-refractivity contribution < 1.29 is 19.4 Å². The van der Waals surface area contributed by atoms with Gasteiger partial charge in [0.1, 0.15) is 5.75 Å². The number of ketones is 1. The number of carboxylic acid groups (broad SMARTS) is 1. The second-order valence-corrected chi connectivity index (χ2v) is 4.92. The van der Waals surface area contributed by atoms with Gasteiger partial charge in [0.25, 0.3) is 0 Å². The van der Waals surface area contributed by atoms with E-state index in [2.05, 4.69) is 0 Å². The summed E-state index contributed by atoms with van der Waals surface area (Å²) in [5.74, 6) is -0.234. The first kappa shape index (κ1) is 15.8. The molecule has 0 atom stereocenters. The SMILES string of the molecule is COc1ccccc1-c1ccccc1C(=O)CCCC(=O)O. The van der Waals surface area contributed by atoms with Gasteiger partial charge in [-0.3, -0.25) is 9.59 Å². The fraction of sp³-hybridized carbons (Fsp3) is 0.222. The number of para-hydroxylation sites is 1. The molecule has 114 valence electrons. The minimum atomic E-state index is -0.884. The molecule has 0 aliphatic carbocycles. The summed E-state index contributed by atoms with van der Waals surface area (Å²) < 4.78 is 5.36. The van der Waals surface area contributed by atoms with Gasteiger partial charge in [-0.2, -0.15) is 0 Å². The minimum Gasteiger partial charge on any atom is -0.496 e. The van der Waals surface area contributed by atoms with Crippen LogP contribution in [0.1, 0.15) is 29.6 Å². The van der Waals surface area contributed by atoms with E-state index >= 15 is 0 Å². The van der Waals surface area contributed by atoms with E-state index in [-0.39, 0.29) is 18.6 Å². The minimum absolute atomic E-state index is 0.00254. The number of Topliss-reactive ketones (excluding diaryl/α,β-unsaturated/α-hetero) is 1. The molecule has 1 N–H and O–H groups in total. The Labute approximate surface area is 129 Å². The first-order chi connectivity index (χ1) is 10.6. The van der Waals surface area contributed by atoms with Crippen molar-refractivity contribution in [3.63, 3.8) is 0 Å². The average molecular weight is 298 g/mol. The van der Waals surface area contributed by atoms with Gasteiger partial charge in [-0.15, -0.1) is 0 Å². The molecule has 0 aliphatic heterocycles. The molecule has 2 aromatic rings. The molecule has 4 heteroatoms. The fourth-order valence-corrected chi connectivity index (χ4v) is 2.36. The highest BCUT2D eigenvalue weighted by Crippen LogP contribution is 2.32. The van der Waals surface area contributed by atoms with Crippen LogP contribution >= 0.6 is 0 Å². The molecule has 0 bridgehead atoms. The van der Waals surface area contributed by atoms with Gasteiger partial charge < -0.3 is 9.84 Å². The van der Waals surface area contributed by atoms with E-state index in [1.165, 1.54) is 0 Å². The molecule has 2 aromatic carbocycles. The molecule has 0 saturated heterocycles. The predicted octanol–water partition coefficient (Wildman–Crippen LogP) is 3.80. The van der Waals surface area contributed by atoms with E-state index in [1.807, 2.05) is 42.5 Å². The topological polar surface area (TPSA) is 63.6 Å². The Morgan fingerprint density at radius 2 is 1.59 bits per heavy atom. The van der Waals surface area contributed by atoms with Crippen molar-refractivity contribution in [2.75, 3.05) is 7.11 Å². The molecule has 2 rings (SSSR count). The molecular weight excluding hydrogens is 280 g/mol. The number of hydrogen-bond donors (Lipinski definition) is 1. The van der Waals surface area contributed by atoms with E-state index in [9.17, 15) is 9.59 Å². The average Bonchev–Trinajstić information content (AvgIpc) is 2.54. The first-order valence-corrected chi connectivity index (χ1v) is 7.11. The standard InChI is InChI=1S/C18H18O4/c1-22-17-11-5-4-9-15(17)13-7-2-3-8-14(13)16(19)10-6-12-18(20)21/h2-5,7-9,11H,6,10,12H2,1H3,(H,20,21). The van der Waals surface area contributed by atoms with Gasteiger partial charge in [-0.25, -0.2) is 0 Å². The number of carbonyl (C=O) groups excluding carboxylic acids is 1. The number of rotatable bonds is 7. The highest BCUT2D eigenvalue weighted by atomic mass is 16.5. The van der Waals surface area contributed by atoms with Crippen LogP contribution in [0.5, 0.6) is 5.75 Å². The third-order valence-electron chi connectivity index (χ3n) is 3.42. The number of carbonyl (C=O) groups is 2. The smallest absolute Gasteiger partial charge is 0.303 e. The van der Waals surface area contributed by atoms with Crippen LogP contribution in [-0.2, 0) is 4.79 Å². The van der Waals surface area contributed by atoms with Crippen LogP contribution in [0.3, 0.4) is 0 Å². The lowest BCUT2D eigenvalue weighted by Gasteiger charge is -2.12. The van der Waals surface area contributed by atoms with Crippen molar-refractivity contribution >= 4 is 11.8 Å². The summed E-state index contributed by atoms with van der Waals surface area (Å²) in [7, 11) is 1.59. The van der Waals surface area contributed by atoms with Crippen LogP contribution in [0.25, 0.3) is 11.1 Å². The maximum atomic E-state index is 12.4. The lowest BCUT2D eigenvalue weighted by molar-refractivity contribution is -0.137. The normalized spacial score (nSPS) is 10.2. The van der Waals surface area contributed by atoms with Crippen LogP contribution in [0, 0.1) is 0 Å². The van der Waals surface area contributed by atoms with Crippen molar-refractivity contribution in [3.05, 3.63) is 54.1 Å². The van der Waals surface area contributed by atoms with Crippen molar-refractivity contribution in [2.24, 2.45) is 0 Å². The third kappa shape index (κ3) is 3.73. The maximum absolute atomic E-state index is 12.4. The zero-order chi connectivity index (χ0) is 15.9. The van der Waals surface area contributed by atoms with Crippen molar-refractivity contribution in [1.29, 1.82) is 0 Å². The highest BCUT2D eigenvalue weighted by Gasteiger charge is 2.15. The van der Waals surface area contributed by atoms with Crippen LogP contribution in [0.4, 0.5) is 0 Å². The fourth-order valence-electron chi connectivity index (χ4n) is 2.36. The highest BCUT2D eigenvalue weighted by molar-refractivity contribution is 6.03. The lowest BCUT2D eigenvalue weighted by atomic mass is 9.94. The molecule has 0 fully saturated rings. The summed E-state index contributed by atoms with van der Waals surface area (Å²) in [5, 5.41) is 8.67. The quantitative estimate of drug-likeness (QED) is 0.790. The van der Waals surface area contributed by atoms with Gasteiger partial charge in [-0.1, -0.05) is 42.5 Å². The van der Waals surface area contributed by atoms with E-state index in [4.69, 9.17) is 9.84 Å². The second kappa shape index (κ2) is 7.41. The summed E-state index contributed by atoms with van der Waals surface area (Å²) in [6.07, 6.45) is 0.565. The van der Waals surface area contributed by atoms with E-state index in [0.717, 1.165) is 11.1 Å². The first-order valence-electron chi connectivity index (χ1n) is 7.11. The summed E-state index contributed by atoms with van der Waals surface area (Å²) in [6.45, 7) is 0. The van der Waals surface area contributed by atoms with Gasteiger partial charge in [0.15, 0.2) is 5.78 Å². The number of methoxy groups -OCH3 is 1. The van der Waals surface area contributed by atoms with Crippen LogP contribution in [0.15, 0.2) is 48.5 Å². The molecule has 0 spiro atoms. The number of benzene rings is 2. The molecular formula is C18H18O4. The largest absolute Gasteiger partial charge is 0.496 e. The molecule has 0 aliphatic rings. The zero-order valence-corrected chi connectivity index (χ0v) is 12.4. The zero-order valence-electron chi connectivity index (χ0n) is 12.4. The van der Waals surface area contributed by atoms with E-state index in [0.29, 0.717) is 17.7 Å². The lowest BCUT2D eigenvalue weighted by Crippen LogP contribution is -2.04. The van der Waals surface area contributed by atoms with Gasteiger partial charge in [0.05, 0.1) is 7.11 Å². The molecule has 0 saturated carbocycles. The van der Waals surface area contributed by atoms with Crippen molar-refractivity contribution in [2.45, 2.75) is 19.3 Å². The summed E-state index contributed by atoms with van der Waals surface area (Å²) in [4.78, 5) is 22.9. The van der Waals surface area contributed by atoms with Crippen molar-refractivity contribution in [3.8, 4) is 16.9 Å². The molecule has 0 heterocycles. The van der Waals surface area contributed by atoms with Crippen LogP contribution in [-0.4, -0.2) is 24.0 Å². The number of ether oxygens (including phenoxy) is 1. The number of aliphatic carboxylic acids is 1. The van der Waals surface area contributed by atoms with Gasteiger partial charge in [0, 0.05) is 24.0 Å². The number of carboxylic acids is 1. The van der Waals surface area contributed by atoms with Crippen LogP contribution in [0.2, 0.25) is 0 Å². The van der Waals surface area contributed by atoms with Gasteiger partial charge in [-0.05, 0) is 18.1 Å². The molecule has 4 nitrogen and oxygen atoms in total. The van der Waals surface area contributed by atoms with Crippen molar-refractivity contribution in [1.82, 2.24) is 0 Å². The molecule has 0 aromatic heterocycles. The molecule has 0 amide bonds. The van der Waals surface area contributed by atoms with Gasteiger partial charge in [0.2, 0.25) is 0 Å². The number of hydrogen-bond acceptors (Lipinski definition) is 3. The van der Waals surface area contributed by atoms with Crippen LogP contribution < -0.4 is 4.74 Å². The summed E-state index contributed by atoms with van der Waals surface area (Å²) >= 11 is 0. The Morgan fingerprint density at radius 1 is 0.955 bits per heavy atom. The molecule has 0 radical (unpaired) electrons. The third-order valence-corrected chi connectivity index (χ3v) is 3.42. The summed E-state index contributed by atoms with van der Waals surface area (Å²) in [5.41, 5.74) is 2.25. The summed E-state index contributed by atoms with van der Waals surface area (Å²) in [6, 6.07) is 14.8. The molecule has 0 unspecified atom stereocenters. The predicted molar refractivity (Wildman–Crippen MR) is 84.2 cm³/mol. The second-order valence-electron chi connectivity index (χ2n) is 4.92. The van der Waals surface area contributed by atoms with Gasteiger partial charge >= 0.3 is 5.97 Å². The molecule has 22 heavy (non-hydrogen) atoms. The maximum Gasteiger partial charge on any atom is 0.303 e. The Hall–Kier alpha value is -2.62. The Morgan fingerprint density at radius 3 is 2.27 bits per heavy atom. The van der Waals surface area contributed by atoms with E-state index < -0.39 is 5.97 Å².